The molecule has 0 saturated carbocycles. The SMILES string of the molecule is CCCNC1(C(=O)OC)CCN(Cc2ccccc2)C1. The number of benzene rings is 1. The van der Waals surface area contributed by atoms with E-state index in [-0.39, 0.29) is 5.97 Å². The van der Waals surface area contributed by atoms with Crippen molar-refractivity contribution in [3.05, 3.63) is 35.9 Å². The molecule has 2 rings (SSSR count). The zero-order valence-corrected chi connectivity index (χ0v) is 12.4. The zero-order chi connectivity index (χ0) is 14.4. The Bertz CT molecular complexity index is 435. The van der Waals surface area contributed by atoms with Crippen molar-refractivity contribution in [1.29, 1.82) is 0 Å². The molecule has 0 spiro atoms. The van der Waals surface area contributed by atoms with Crippen LogP contribution in [0.15, 0.2) is 30.3 Å². The minimum atomic E-state index is -0.528. The number of nitrogens with one attached hydrogen (secondary N) is 1. The van der Waals surface area contributed by atoms with Gasteiger partial charge in [0.2, 0.25) is 0 Å². The third-order valence-electron chi connectivity index (χ3n) is 3.89. The van der Waals surface area contributed by atoms with Crippen molar-refractivity contribution in [2.24, 2.45) is 0 Å². The summed E-state index contributed by atoms with van der Waals surface area (Å²) >= 11 is 0. The van der Waals surface area contributed by atoms with Crippen LogP contribution < -0.4 is 5.32 Å². The van der Waals surface area contributed by atoms with E-state index in [2.05, 4.69) is 29.3 Å². The van der Waals surface area contributed by atoms with Crippen LogP contribution in [0.1, 0.15) is 25.3 Å². The lowest BCUT2D eigenvalue weighted by Gasteiger charge is -2.28. The molecule has 1 aromatic rings. The average molecular weight is 276 g/mol. The largest absolute Gasteiger partial charge is 0.468 e. The van der Waals surface area contributed by atoms with Crippen LogP contribution in [-0.2, 0) is 16.1 Å². The fraction of sp³-hybridized carbons (Fsp3) is 0.562. The van der Waals surface area contributed by atoms with E-state index >= 15 is 0 Å². The second-order valence-electron chi connectivity index (χ2n) is 5.45. The summed E-state index contributed by atoms with van der Waals surface area (Å²) in [5, 5.41) is 3.40. The van der Waals surface area contributed by atoms with Gasteiger partial charge in [-0.05, 0) is 24.9 Å². The van der Waals surface area contributed by atoms with Crippen molar-refractivity contribution in [2.45, 2.75) is 31.8 Å². The van der Waals surface area contributed by atoms with Gasteiger partial charge < -0.3 is 10.1 Å². The highest BCUT2D eigenvalue weighted by Gasteiger charge is 2.44. The molecule has 1 aromatic carbocycles. The summed E-state index contributed by atoms with van der Waals surface area (Å²) in [7, 11) is 1.47. The van der Waals surface area contributed by atoms with Crippen molar-refractivity contribution in [2.75, 3.05) is 26.7 Å². The van der Waals surface area contributed by atoms with Crippen molar-refractivity contribution >= 4 is 5.97 Å². The summed E-state index contributed by atoms with van der Waals surface area (Å²) < 4.78 is 5.00. The van der Waals surface area contributed by atoms with Crippen LogP contribution in [0.4, 0.5) is 0 Å². The molecule has 1 unspecified atom stereocenters. The Balaban J connectivity index is 2.01. The number of methoxy groups -OCH3 is 1. The third-order valence-corrected chi connectivity index (χ3v) is 3.89. The number of hydrogen-bond donors (Lipinski definition) is 1. The highest BCUT2D eigenvalue weighted by molar-refractivity contribution is 5.81. The molecule has 1 N–H and O–H groups in total. The minimum Gasteiger partial charge on any atom is -0.468 e. The predicted molar refractivity (Wildman–Crippen MR) is 79.4 cm³/mol. The maximum Gasteiger partial charge on any atom is 0.327 e. The van der Waals surface area contributed by atoms with E-state index in [0.717, 1.165) is 32.5 Å². The molecule has 0 aromatic heterocycles. The van der Waals surface area contributed by atoms with Gasteiger partial charge in [-0.25, -0.2) is 0 Å². The van der Waals surface area contributed by atoms with Crippen LogP contribution in [0, 0.1) is 0 Å². The first-order valence-electron chi connectivity index (χ1n) is 7.30. The summed E-state index contributed by atoms with van der Waals surface area (Å²) in [5.41, 5.74) is 0.753. The van der Waals surface area contributed by atoms with Gasteiger partial charge in [0.25, 0.3) is 0 Å². The molecule has 0 aliphatic carbocycles. The van der Waals surface area contributed by atoms with Crippen LogP contribution in [0.2, 0.25) is 0 Å². The van der Waals surface area contributed by atoms with Crippen LogP contribution >= 0.6 is 0 Å². The van der Waals surface area contributed by atoms with Gasteiger partial charge in [-0.3, -0.25) is 9.69 Å². The Morgan fingerprint density at radius 3 is 2.80 bits per heavy atom. The van der Waals surface area contributed by atoms with E-state index in [9.17, 15) is 4.79 Å². The first-order chi connectivity index (χ1) is 9.70. The van der Waals surface area contributed by atoms with Crippen LogP contribution in [0.25, 0.3) is 0 Å². The number of hydrogen-bond acceptors (Lipinski definition) is 4. The highest BCUT2D eigenvalue weighted by Crippen LogP contribution is 2.24. The maximum absolute atomic E-state index is 12.1. The van der Waals surface area contributed by atoms with E-state index < -0.39 is 5.54 Å². The Kier molecular flexibility index (Phi) is 5.15. The number of rotatable bonds is 6. The van der Waals surface area contributed by atoms with Crippen molar-refractivity contribution < 1.29 is 9.53 Å². The average Bonchev–Trinajstić information content (AvgIpc) is 2.90. The summed E-state index contributed by atoms with van der Waals surface area (Å²) in [4.78, 5) is 14.4. The van der Waals surface area contributed by atoms with Gasteiger partial charge >= 0.3 is 5.97 Å². The number of esters is 1. The molecule has 1 aliphatic rings. The third kappa shape index (κ3) is 3.38. The summed E-state index contributed by atoms with van der Waals surface area (Å²) in [5.74, 6) is -0.137. The molecule has 1 heterocycles. The topological polar surface area (TPSA) is 41.6 Å². The Hall–Kier alpha value is -1.39. The van der Waals surface area contributed by atoms with Gasteiger partial charge in [0.1, 0.15) is 5.54 Å². The summed E-state index contributed by atoms with van der Waals surface area (Å²) in [6, 6.07) is 10.4. The molecular formula is C16H24N2O2. The molecule has 1 saturated heterocycles. The fourth-order valence-electron chi connectivity index (χ4n) is 2.81. The van der Waals surface area contributed by atoms with Gasteiger partial charge in [-0.15, -0.1) is 0 Å². The Morgan fingerprint density at radius 2 is 2.15 bits per heavy atom. The number of ether oxygens (including phenoxy) is 1. The summed E-state index contributed by atoms with van der Waals surface area (Å²) in [6.45, 7) is 5.46. The fourth-order valence-corrected chi connectivity index (χ4v) is 2.81. The van der Waals surface area contributed by atoms with Crippen LogP contribution in [0.5, 0.6) is 0 Å². The molecule has 0 bridgehead atoms. The number of carbonyl (C=O) groups excluding carboxylic acids is 1. The molecule has 20 heavy (non-hydrogen) atoms. The summed E-state index contributed by atoms with van der Waals surface area (Å²) in [6.07, 6.45) is 1.82. The Labute approximate surface area is 121 Å². The second-order valence-corrected chi connectivity index (χ2v) is 5.45. The van der Waals surface area contributed by atoms with Gasteiger partial charge in [0.05, 0.1) is 7.11 Å². The Morgan fingerprint density at radius 1 is 1.40 bits per heavy atom. The first-order valence-corrected chi connectivity index (χ1v) is 7.30. The zero-order valence-electron chi connectivity index (χ0n) is 12.4. The number of carbonyl (C=O) groups is 1. The van der Waals surface area contributed by atoms with E-state index in [0.29, 0.717) is 6.54 Å². The lowest BCUT2D eigenvalue weighted by atomic mass is 9.98. The van der Waals surface area contributed by atoms with Crippen molar-refractivity contribution in [3.63, 3.8) is 0 Å². The standard InChI is InChI=1S/C16H24N2O2/c1-3-10-17-16(15(19)20-2)9-11-18(13-16)12-14-7-5-4-6-8-14/h4-8,17H,3,9-13H2,1-2H3. The van der Waals surface area contributed by atoms with E-state index in [1.165, 1.54) is 12.7 Å². The second kappa shape index (κ2) is 6.86. The monoisotopic (exact) mass is 276 g/mol. The van der Waals surface area contributed by atoms with Gasteiger partial charge in [-0.2, -0.15) is 0 Å². The van der Waals surface area contributed by atoms with Crippen LogP contribution in [-0.4, -0.2) is 43.2 Å². The normalized spacial score (nSPS) is 22.9. The van der Waals surface area contributed by atoms with E-state index in [1.807, 2.05) is 18.2 Å². The quantitative estimate of drug-likeness (QED) is 0.805. The molecule has 0 radical (unpaired) electrons. The smallest absolute Gasteiger partial charge is 0.327 e. The lowest BCUT2D eigenvalue weighted by molar-refractivity contribution is -0.148. The molecule has 1 atom stereocenters. The van der Waals surface area contributed by atoms with Gasteiger partial charge in [0, 0.05) is 19.6 Å². The number of nitrogens with zero attached hydrogens (tertiary/aromatic N) is 1. The number of likely N-dealkylation sites (tertiary alicyclic amines) is 1. The molecule has 4 nitrogen and oxygen atoms in total. The molecule has 4 heteroatoms. The molecule has 1 aliphatic heterocycles. The van der Waals surface area contributed by atoms with Crippen molar-refractivity contribution in [3.8, 4) is 0 Å². The van der Waals surface area contributed by atoms with E-state index in [4.69, 9.17) is 4.74 Å². The first kappa shape index (κ1) is 15.0. The molecular weight excluding hydrogens is 252 g/mol. The molecule has 110 valence electrons. The van der Waals surface area contributed by atoms with Crippen molar-refractivity contribution in [1.82, 2.24) is 10.2 Å². The van der Waals surface area contributed by atoms with Crippen LogP contribution in [0.3, 0.4) is 0 Å². The highest BCUT2D eigenvalue weighted by atomic mass is 16.5. The maximum atomic E-state index is 12.1. The molecule has 0 amide bonds. The van der Waals surface area contributed by atoms with Gasteiger partial charge in [0.15, 0.2) is 0 Å². The molecule has 1 fully saturated rings. The minimum absolute atomic E-state index is 0.137. The van der Waals surface area contributed by atoms with Gasteiger partial charge in [-0.1, -0.05) is 37.3 Å². The predicted octanol–water partition coefficient (Wildman–Crippen LogP) is 1.80. The lowest BCUT2D eigenvalue weighted by Crippen LogP contribution is -2.54. The van der Waals surface area contributed by atoms with E-state index in [1.54, 1.807) is 0 Å².